The molecule has 10 heavy (non-hydrogen) atoms. The molecule has 0 radical (unpaired) electrons. The van der Waals surface area contributed by atoms with Crippen molar-refractivity contribution in [2.45, 2.75) is 13.8 Å². The zero-order chi connectivity index (χ0) is 8.15. The molecule has 2 amide bonds. The average molecular weight is 142 g/mol. The van der Waals surface area contributed by atoms with E-state index in [0.717, 1.165) is 6.08 Å². The molecule has 3 N–H and O–H groups in total. The molecule has 0 aromatic carbocycles. The number of hydrogen-bond donors (Lipinski definition) is 2. The molecule has 0 rings (SSSR count). The molecule has 0 atom stereocenters. The number of amides is 2. The standard InChI is InChI=1S/C6H10N2O2/c1-4(3-6(7)10)8-5(2)9/h3H,1-2H3,(H2,7,10)(H,8,9)/b4-3+. The van der Waals surface area contributed by atoms with Crippen LogP contribution in [-0.4, -0.2) is 11.8 Å². The van der Waals surface area contributed by atoms with Gasteiger partial charge in [-0.15, -0.1) is 0 Å². The Bertz CT molecular complexity index is 184. The first-order valence-corrected chi connectivity index (χ1v) is 2.77. The molecule has 0 aliphatic carbocycles. The van der Waals surface area contributed by atoms with Gasteiger partial charge in [-0.1, -0.05) is 0 Å². The van der Waals surface area contributed by atoms with Crippen molar-refractivity contribution in [2.75, 3.05) is 0 Å². The number of carbonyl (C=O) groups is 2. The van der Waals surface area contributed by atoms with E-state index >= 15 is 0 Å². The molecule has 4 nitrogen and oxygen atoms in total. The van der Waals surface area contributed by atoms with Crippen molar-refractivity contribution in [2.24, 2.45) is 5.73 Å². The van der Waals surface area contributed by atoms with Crippen LogP contribution in [0.4, 0.5) is 0 Å². The highest BCUT2D eigenvalue weighted by molar-refractivity contribution is 5.87. The first-order chi connectivity index (χ1) is 4.52. The van der Waals surface area contributed by atoms with E-state index < -0.39 is 5.91 Å². The normalized spacial score (nSPS) is 10.8. The summed E-state index contributed by atoms with van der Waals surface area (Å²) in [5.74, 6) is -0.777. The van der Waals surface area contributed by atoms with E-state index in [1.54, 1.807) is 6.92 Å². The van der Waals surface area contributed by atoms with Gasteiger partial charge in [-0.05, 0) is 6.92 Å². The lowest BCUT2D eigenvalue weighted by Gasteiger charge is -1.97. The third-order valence-corrected chi connectivity index (χ3v) is 0.732. The molecule has 0 aliphatic heterocycles. The van der Waals surface area contributed by atoms with Crippen LogP contribution in [0.15, 0.2) is 11.8 Å². The van der Waals surface area contributed by atoms with Crippen LogP contribution in [0.2, 0.25) is 0 Å². The Morgan fingerprint density at radius 1 is 1.40 bits per heavy atom. The molecule has 0 aromatic heterocycles. The molecule has 0 aliphatic rings. The van der Waals surface area contributed by atoms with Crippen molar-refractivity contribution < 1.29 is 9.59 Å². The number of rotatable bonds is 2. The van der Waals surface area contributed by atoms with Crippen molar-refractivity contribution >= 4 is 11.8 Å². The first-order valence-electron chi connectivity index (χ1n) is 2.77. The average Bonchev–Trinajstić information content (AvgIpc) is 1.58. The van der Waals surface area contributed by atoms with E-state index in [2.05, 4.69) is 5.32 Å². The fraction of sp³-hybridized carbons (Fsp3) is 0.333. The fourth-order valence-electron chi connectivity index (χ4n) is 0.527. The molecule has 0 heterocycles. The topological polar surface area (TPSA) is 72.2 Å². The second-order valence-corrected chi connectivity index (χ2v) is 1.91. The van der Waals surface area contributed by atoms with Crippen LogP contribution >= 0.6 is 0 Å². The van der Waals surface area contributed by atoms with Crippen LogP contribution in [-0.2, 0) is 9.59 Å². The molecule has 0 spiro atoms. The van der Waals surface area contributed by atoms with Gasteiger partial charge in [-0.25, -0.2) is 0 Å². The summed E-state index contributed by atoms with van der Waals surface area (Å²) in [6.45, 7) is 2.95. The quantitative estimate of drug-likeness (QED) is 0.511. The number of allylic oxidation sites excluding steroid dienone is 1. The summed E-state index contributed by atoms with van der Waals surface area (Å²) < 4.78 is 0. The van der Waals surface area contributed by atoms with E-state index in [0.29, 0.717) is 5.70 Å². The van der Waals surface area contributed by atoms with Gasteiger partial charge in [0.2, 0.25) is 11.8 Å². The van der Waals surface area contributed by atoms with Gasteiger partial charge >= 0.3 is 0 Å². The Morgan fingerprint density at radius 3 is 2.20 bits per heavy atom. The minimum absolute atomic E-state index is 0.213. The zero-order valence-electron chi connectivity index (χ0n) is 5.97. The maximum absolute atomic E-state index is 10.3. The predicted molar refractivity (Wildman–Crippen MR) is 36.8 cm³/mol. The van der Waals surface area contributed by atoms with Crippen LogP contribution in [0.3, 0.4) is 0 Å². The lowest BCUT2D eigenvalue weighted by atomic mass is 10.4. The summed E-state index contributed by atoms with van der Waals surface area (Å²) in [6, 6.07) is 0. The number of carbonyl (C=O) groups excluding carboxylic acids is 2. The van der Waals surface area contributed by atoms with E-state index in [-0.39, 0.29) is 5.91 Å². The van der Waals surface area contributed by atoms with Crippen molar-refractivity contribution in [1.82, 2.24) is 5.32 Å². The summed E-state index contributed by atoms with van der Waals surface area (Å²) in [6.07, 6.45) is 1.15. The third kappa shape index (κ3) is 4.83. The molecular weight excluding hydrogens is 132 g/mol. The van der Waals surface area contributed by atoms with Crippen LogP contribution in [0.1, 0.15) is 13.8 Å². The Morgan fingerprint density at radius 2 is 1.90 bits per heavy atom. The third-order valence-electron chi connectivity index (χ3n) is 0.732. The predicted octanol–water partition coefficient (Wildman–Crippen LogP) is -0.488. The van der Waals surface area contributed by atoms with E-state index in [1.165, 1.54) is 6.92 Å². The summed E-state index contributed by atoms with van der Waals surface area (Å²) in [5.41, 5.74) is 5.26. The molecule has 0 bridgehead atoms. The van der Waals surface area contributed by atoms with E-state index in [4.69, 9.17) is 5.73 Å². The Labute approximate surface area is 59.1 Å². The van der Waals surface area contributed by atoms with Gasteiger partial charge in [0.25, 0.3) is 0 Å². The van der Waals surface area contributed by atoms with Gasteiger partial charge in [0, 0.05) is 18.7 Å². The highest BCUT2D eigenvalue weighted by Crippen LogP contribution is 1.83. The second-order valence-electron chi connectivity index (χ2n) is 1.91. The smallest absolute Gasteiger partial charge is 0.243 e. The van der Waals surface area contributed by atoms with E-state index in [9.17, 15) is 9.59 Å². The first kappa shape index (κ1) is 8.68. The SMILES string of the molecule is CC(=O)N/C(C)=C/C(N)=O. The maximum atomic E-state index is 10.3. The lowest BCUT2D eigenvalue weighted by Crippen LogP contribution is -2.19. The minimum atomic E-state index is -0.564. The molecule has 56 valence electrons. The van der Waals surface area contributed by atoms with Crippen molar-refractivity contribution in [3.8, 4) is 0 Å². The number of nitrogens with one attached hydrogen (secondary N) is 1. The summed E-state index contributed by atoms with van der Waals surface area (Å²) >= 11 is 0. The van der Waals surface area contributed by atoms with Gasteiger partial charge < -0.3 is 11.1 Å². The maximum Gasteiger partial charge on any atom is 0.243 e. The zero-order valence-corrected chi connectivity index (χ0v) is 5.97. The number of hydrogen-bond acceptors (Lipinski definition) is 2. The Balaban J connectivity index is 3.95. The van der Waals surface area contributed by atoms with Crippen molar-refractivity contribution in [3.63, 3.8) is 0 Å². The molecule has 0 saturated carbocycles. The van der Waals surface area contributed by atoms with Crippen molar-refractivity contribution in [3.05, 3.63) is 11.8 Å². The Hall–Kier alpha value is -1.32. The van der Waals surface area contributed by atoms with Gasteiger partial charge in [0.15, 0.2) is 0 Å². The minimum Gasteiger partial charge on any atom is -0.366 e. The van der Waals surface area contributed by atoms with Gasteiger partial charge in [0.1, 0.15) is 0 Å². The van der Waals surface area contributed by atoms with Gasteiger partial charge in [-0.3, -0.25) is 9.59 Å². The van der Waals surface area contributed by atoms with Crippen LogP contribution < -0.4 is 11.1 Å². The van der Waals surface area contributed by atoms with Gasteiger partial charge in [-0.2, -0.15) is 0 Å². The van der Waals surface area contributed by atoms with Crippen molar-refractivity contribution in [1.29, 1.82) is 0 Å². The number of primary amides is 1. The monoisotopic (exact) mass is 142 g/mol. The van der Waals surface area contributed by atoms with Crippen LogP contribution in [0.25, 0.3) is 0 Å². The Kier molecular flexibility index (Phi) is 3.17. The summed E-state index contributed by atoms with van der Waals surface area (Å²) in [5, 5.41) is 2.40. The van der Waals surface area contributed by atoms with Crippen LogP contribution in [0, 0.1) is 0 Å². The lowest BCUT2D eigenvalue weighted by molar-refractivity contribution is -0.118. The van der Waals surface area contributed by atoms with E-state index in [1.807, 2.05) is 0 Å². The highest BCUT2D eigenvalue weighted by Gasteiger charge is 1.93. The molecule has 0 saturated heterocycles. The summed E-state index contributed by atoms with van der Waals surface area (Å²) in [4.78, 5) is 20.5. The largest absolute Gasteiger partial charge is 0.366 e. The highest BCUT2D eigenvalue weighted by atomic mass is 16.2. The van der Waals surface area contributed by atoms with Crippen LogP contribution in [0.5, 0.6) is 0 Å². The molecular formula is C6H10N2O2. The molecule has 0 aromatic rings. The fourth-order valence-corrected chi connectivity index (χ4v) is 0.527. The number of nitrogens with two attached hydrogens (primary N) is 1. The molecule has 0 unspecified atom stereocenters. The van der Waals surface area contributed by atoms with Gasteiger partial charge in [0.05, 0.1) is 0 Å². The summed E-state index contributed by atoms with van der Waals surface area (Å²) in [7, 11) is 0. The molecule has 0 fully saturated rings. The molecule has 4 heteroatoms. The second kappa shape index (κ2) is 3.66.